The van der Waals surface area contributed by atoms with E-state index < -0.39 is 0 Å². The number of methoxy groups -OCH3 is 2. The third-order valence-electron chi connectivity index (χ3n) is 4.84. The Morgan fingerprint density at radius 1 is 1.10 bits per heavy atom. The smallest absolute Gasteiger partial charge is 0.188 e. The highest BCUT2D eigenvalue weighted by Crippen LogP contribution is 2.27. The molecule has 0 atom stereocenters. The van der Waals surface area contributed by atoms with Gasteiger partial charge in [-0.3, -0.25) is 0 Å². The van der Waals surface area contributed by atoms with Crippen LogP contribution in [0.15, 0.2) is 41.5 Å². The van der Waals surface area contributed by atoms with Gasteiger partial charge < -0.3 is 25.4 Å². The van der Waals surface area contributed by atoms with E-state index in [1.165, 1.54) is 12.8 Å². The number of aromatic nitrogens is 1. The van der Waals surface area contributed by atoms with E-state index in [2.05, 4.69) is 26.3 Å². The third kappa shape index (κ3) is 6.66. The number of nitrogens with one attached hydrogen (secondary N) is 1. The van der Waals surface area contributed by atoms with E-state index >= 15 is 0 Å². The zero-order chi connectivity index (χ0) is 19.8. The van der Waals surface area contributed by atoms with Crippen molar-refractivity contribution in [3.63, 3.8) is 0 Å². The van der Waals surface area contributed by atoms with Gasteiger partial charge in [-0.25, -0.2) is 9.98 Å². The second-order valence-corrected chi connectivity index (χ2v) is 6.78. The van der Waals surface area contributed by atoms with Crippen LogP contribution in [-0.2, 0) is 13.0 Å². The van der Waals surface area contributed by atoms with Gasteiger partial charge in [0, 0.05) is 25.8 Å². The van der Waals surface area contributed by atoms with Crippen molar-refractivity contribution in [2.24, 2.45) is 10.7 Å². The van der Waals surface area contributed by atoms with Crippen molar-refractivity contribution < 1.29 is 9.47 Å². The van der Waals surface area contributed by atoms with E-state index in [1.807, 2.05) is 30.5 Å². The van der Waals surface area contributed by atoms with Crippen LogP contribution in [0.3, 0.4) is 0 Å². The fourth-order valence-electron chi connectivity index (χ4n) is 3.28. The minimum atomic E-state index is 0. The SMILES string of the molecule is COc1ccc(CCNC(N)=NCc2ccnc(N3CCCC3)c2)cc1OC.I. The van der Waals surface area contributed by atoms with E-state index in [1.54, 1.807) is 14.2 Å². The van der Waals surface area contributed by atoms with Gasteiger partial charge in [0.15, 0.2) is 17.5 Å². The van der Waals surface area contributed by atoms with Crippen molar-refractivity contribution in [3.8, 4) is 11.5 Å². The van der Waals surface area contributed by atoms with Crippen LogP contribution in [0, 0.1) is 0 Å². The summed E-state index contributed by atoms with van der Waals surface area (Å²) in [4.78, 5) is 11.2. The van der Waals surface area contributed by atoms with Gasteiger partial charge in [0.25, 0.3) is 0 Å². The first-order valence-electron chi connectivity index (χ1n) is 9.64. The summed E-state index contributed by atoms with van der Waals surface area (Å²) >= 11 is 0. The summed E-state index contributed by atoms with van der Waals surface area (Å²) in [6.07, 6.45) is 5.13. The summed E-state index contributed by atoms with van der Waals surface area (Å²) in [5.74, 6) is 2.93. The standard InChI is InChI=1S/C21H29N5O2.HI/c1-27-18-6-5-16(13-19(18)28-2)7-10-24-21(22)25-15-17-8-9-23-20(14-17)26-11-3-4-12-26;/h5-6,8-9,13-14H,3-4,7,10-12,15H2,1-2H3,(H3,22,24,25);1H. The molecule has 1 saturated heterocycles. The number of hydrogen-bond donors (Lipinski definition) is 2. The Balaban J connectivity index is 0.00000300. The molecule has 1 aromatic heterocycles. The van der Waals surface area contributed by atoms with Crippen LogP contribution in [0.1, 0.15) is 24.0 Å². The summed E-state index contributed by atoms with van der Waals surface area (Å²) in [5.41, 5.74) is 8.27. The summed E-state index contributed by atoms with van der Waals surface area (Å²) in [6.45, 7) is 3.40. The number of halogens is 1. The molecule has 3 N–H and O–H groups in total. The van der Waals surface area contributed by atoms with E-state index in [4.69, 9.17) is 15.2 Å². The van der Waals surface area contributed by atoms with Crippen LogP contribution < -0.4 is 25.4 Å². The topological polar surface area (TPSA) is 85.0 Å². The lowest BCUT2D eigenvalue weighted by atomic mass is 10.1. The Morgan fingerprint density at radius 3 is 2.59 bits per heavy atom. The number of anilines is 1. The largest absolute Gasteiger partial charge is 0.493 e. The molecule has 0 spiro atoms. The molecule has 0 radical (unpaired) electrons. The van der Waals surface area contributed by atoms with E-state index in [0.29, 0.717) is 19.0 Å². The predicted molar refractivity (Wildman–Crippen MR) is 128 cm³/mol. The van der Waals surface area contributed by atoms with Crippen LogP contribution in [0.5, 0.6) is 11.5 Å². The number of hydrogen-bond acceptors (Lipinski definition) is 5. The lowest BCUT2D eigenvalue weighted by molar-refractivity contribution is 0.354. The highest BCUT2D eigenvalue weighted by Gasteiger charge is 2.13. The molecule has 1 aromatic carbocycles. The van der Waals surface area contributed by atoms with Crippen molar-refractivity contribution in [2.75, 3.05) is 38.8 Å². The zero-order valence-corrected chi connectivity index (χ0v) is 19.4. The molecule has 2 aromatic rings. The fraction of sp³-hybridized carbons (Fsp3) is 0.429. The Hall–Kier alpha value is -2.23. The molecule has 3 rings (SSSR count). The number of nitrogens with zero attached hydrogens (tertiary/aromatic N) is 3. The number of nitrogens with two attached hydrogens (primary N) is 1. The molecule has 158 valence electrons. The molecule has 7 nitrogen and oxygen atoms in total. The zero-order valence-electron chi connectivity index (χ0n) is 17.1. The molecule has 0 amide bonds. The molecule has 0 aliphatic carbocycles. The van der Waals surface area contributed by atoms with Crippen LogP contribution in [-0.4, -0.2) is 44.8 Å². The van der Waals surface area contributed by atoms with Gasteiger partial charge in [0.05, 0.1) is 20.8 Å². The van der Waals surface area contributed by atoms with Crippen LogP contribution in [0.4, 0.5) is 5.82 Å². The maximum Gasteiger partial charge on any atom is 0.188 e. The number of aliphatic imine (C=N–C) groups is 1. The third-order valence-corrected chi connectivity index (χ3v) is 4.84. The van der Waals surface area contributed by atoms with E-state index in [-0.39, 0.29) is 24.0 Å². The van der Waals surface area contributed by atoms with Gasteiger partial charge in [-0.1, -0.05) is 6.07 Å². The Kier molecular flexibility index (Phi) is 9.30. The first-order valence-corrected chi connectivity index (χ1v) is 9.64. The summed E-state index contributed by atoms with van der Waals surface area (Å²) in [5, 5.41) is 3.17. The highest BCUT2D eigenvalue weighted by molar-refractivity contribution is 14.0. The van der Waals surface area contributed by atoms with E-state index in [0.717, 1.165) is 48.0 Å². The van der Waals surface area contributed by atoms with Crippen molar-refractivity contribution in [3.05, 3.63) is 47.7 Å². The highest BCUT2D eigenvalue weighted by atomic mass is 127. The molecule has 1 aliphatic heterocycles. The average molecular weight is 511 g/mol. The minimum Gasteiger partial charge on any atom is -0.493 e. The van der Waals surface area contributed by atoms with Gasteiger partial charge in [-0.15, -0.1) is 24.0 Å². The van der Waals surface area contributed by atoms with Crippen molar-refractivity contribution >= 4 is 35.8 Å². The van der Waals surface area contributed by atoms with Gasteiger partial charge in [-0.05, 0) is 54.7 Å². The van der Waals surface area contributed by atoms with Gasteiger partial charge in [-0.2, -0.15) is 0 Å². The van der Waals surface area contributed by atoms with Crippen molar-refractivity contribution in [1.29, 1.82) is 0 Å². The van der Waals surface area contributed by atoms with Crippen LogP contribution in [0.25, 0.3) is 0 Å². The number of pyridine rings is 1. The number of rotatable bonds is 8. The average Bonchev–Trinajstić information content (AvgIpc) is 3.27. The van der Waals surface area contributed by atoms with Crippen LogP contribution >= 0.6 is 24.0 Å². The lowest BCUT2D eigenvalue weighted by Gasteiger charge is -2.16. The van der Waals surface area contributed by atoms with Crippen molar-refractivity contribution in [2.45, 2.75) is 25.8 Å². The summed E-state index contributed by atoms with van der Waals surface area (Å²) in [7, 11) is 3.27. The summed E-state index contributed by atoms with van der Waals surface area (Å²) < 4.78 is 10.6. The normalized spacial score (nSPS) is 13.7. The Bertz CT molecular complexity index is 809. The fourth-order valence-corrected chi connectivity index (χ4v) is 3.28. The van der Waals surface area contributed by atoms with Gasteiger partial charge in [0.2, 0.25) is 0 Å². The molecule has 0 bridgehead atoms. The number of benzene rings is 1. The van der Waals surface area contributed by atoms with Crippen LogP contribution in [0.2, 0.25) is 0 Å². The molecular weight excluding hydrogens is 481 g/mol. The second-order valence-electron chi connectivity index (χ2n) is 6.78. The summed E-state index contributed by atoms with van der Waals surface area (Å²) in [6, 6.07) is 10.00. The molecule has 1 aliphatic rings. The van der Waals surface area contributed by atoms with Gasteiger partial charge >= 0.3 is 0 Å². The molecule has 2 heterocycles. The Labute approximate surface area is 189 Å². The second kappa shape index (κ2) is 11.7. The quantitative estimate of drug-likeness (QED) is 0.322. The van der Waals surface area contributed by atoms with Crippen molar-refractivity contribution in [1.82, 2.24) is 10.3 Å². The first kappa shape index (κ1) is 23.1. The maximum atomic E-state index is 6.02. The number of ether oxygens (including phenoxy) is 2. The first-order chi connectivity index (χ1) is 13.7. The predicted octanol–water partition coefficient (Wildman–Crippen LogP) is 2.96. The molecule has 0 unspecified atom stereocenters. The maximum absolute atomic E-state index is 6.02. The monoisotopic (exact) mass is 511 g/mol. The number of guanidine groups is 1. The lowest BCUT2D eigenvalue weighted by Crippen LogP contribution is -2.33. The molecule has 0 saturated carbocycles. The van der Waals surface area contributed by atoms with E-state index in [9.17, 15) is 0 Å². The Morgan fingerprint density at radius 2 is 1.86 bits per heavy atom. The molecule has 8 heteroatoms. The molecule has 1 fully saturated rings. The van der Waals surface area contributed by atoms with Gasteiger partial charge in [0.1, 0.15) is 5.82 Å². The molecular formula is C21H30IN5O2. The molecule has 29 heavy (non-hydrogen) atoms. The minimum absolute atomic E-state index is 0.